The smallest absolute Gasteiger partial charge is 0.257 e. The van der Waals surface area contributed by atoms with Gasteiger partial charge in [0.15, 0.2) is 0 Å². The van der Waals surface area contributed by atoms with Gasteiger partial charge in [-0.25, -0.2) is 13.1 Å². The summed E-state index contributed by atoms with van der Waals surface area (Å²) in [6.45, 7) is 6.87. The molecule has 1 amide bonds. The van der Waals surface area contributed by atoms with Crippen molar-refractivity contribution >= 4 is 15.9 Å². The predicted octanol–water partition coefficient (Wildman–Crippen LogP) is 0.995. The maximum atomic E-state index is 12.8. The van der Waals surface area contributed by atoms with Gasteiger partial charge in [0, 0.05) is 24.8 Å². The molecule has 1 saturated heterocycles. The Bertz CT molecular complexity index is 651. The standard InChI is InChI=1S/C14H24N4O3S/c1-9(2)13-12(10(3)15-16-13)14(19)18-7-5-6-11(8-18)17-22(4,20)21/h9,11,17H,5-8H2,1-4H3,(H,15,16). The molecule has 1 aliphatic rings. The average molecular weight is 328 g/mol. The van der Waals surface area contributed by atoms with Gasteiger partial charge in [0.25, 0.3) is 5.91 Å². The van der Waals surface area contributed by atoms with Crippen LogP contribution in [0.4, 0.5) is 0 Å². The SMILES string of the molecule is Cc1[nH]nc(C(C)C)c1C(=O)N1CCCC(NS(C)(=O)=O)C1. The first-order valence-electron chi connectivity index (χ1n) is 7.50. The van der Waals surface area contributed by atoms with Crippen LogP contribution in [0.25, 0.3) is 0 Å². The van der Waals surface area contributed by atoms with E-state index in [1.807, 2.05) is 20.8 Å². The lowest BCUT2D eigenvalue weighted by atomic mass is 10.0. The van der Waals surface area contributed by atoms with Crippen LogP contribution < -0.4 is 4.72 Å². The molecule has 2 rings (SSSR count). The van der Waals surface area contributed by atoms with Crippen molar-refractivity contribution in [3.63, 3.8) is 0 Å². The highest BCUT2D eigenvalue weighted by atomic mass is 32.2. The second kappa shape index (κ2) is 6.37. The fraction of sp³-hybridized carbons (Fsp3) is 0.714. The summed E-state index contributed by atoms with van der Waals surface area (Å²) in [6.07, 6.45) is 2.68. The molecule has 7 nitrogen and oxygen atoms in total. The van der Waals surface area contributed by atoms with Gasteiger partial charge in [0.2, 0.25) is 10.0 Å². The molecule has 1 aliphatic heterocycles. The van der Waals surface area contributed by atoms with Crippen molar-refractivity contribution < 1.29 is 13.2 Å². The molecule has 22 heavy (non-hydrogen) atoms. The molecule has 2 heterocycles. The second-order valence-corrected chi connectivity index (χ2v) is 8.02. The molecular formula is C14H24N4O3S. The molecule has 0 saturated carbocycles. The number of carbonyl (C=O) groups is 1. The number of aromatic nitrogens is 2. The van der Waals surface area contributed by atoms with Gasteiger partial charge in [-0.2, -0.15) is 5.10 Å². The quantitative estimate of drug-likeness (QED) is 0.862. The zero-order valence-electron chi connectivity index (χ0n) is 13.5. The lowest BCUT2D eigenvalue weighted by Gasteiger charge is -2.33. The minimum atomic E-state index is -3.26. The molecule has 0 radical (unpaired) electrons. The van der Waals surface area contributed by atoms with Gasteiger partial charge >= 0.3 is 0 Å². The number of aromatic amines is 1. The van der Waals surface area contributed by atoms with Crippen LogP contribution in [0.15, 0.2) is 0 Å². The largest absolute Gasteiger partial charge is 0.337 e. The number of hydrogen-bond acceptors (Lipinski definition) is 4. The molecule has 1 aromatic rings. The van der Waals surface area contributed by atoms with Crippen LogP contribution in [0.3, 0.4) is 0 Å². The van der Waals surface area contributed by atoms with E-state index in [1.54, 1.807) is 4.90 Å². The third kappa shape index (κ3) is 3.86. The molecule has 8 heteroatoms. The number of H-pyrrole nitrogens is 1. The van der Waals surface area contributed by atoms with Gasteiger partial charge in [0.1, 0.15) is 0 Å². The second-order valence-electron chi connectivity index (χ2n) is 6.24. The van der Waals surface area contributed by atoms with Crippen molar-refractivity contribution in [2.24, 2.45) is 0 Å². The highest BCUT2D eigenvalue weighted by Gasteiger charge is 2.29. The molecule has 2 N–H and O–H groups in total. The van der Waals surface area contributed by atoms with E-state index in [2.05, 4.69) is 14.9 Å². The molecule has 1 atom stereocenters. The number of likely N-dealkylation sites (tertiary alicyclic amines) is 1. The summed E-state index contributed by atoms with van der Waals surface area (Å²) in [5.74, 6) is 0.0774. The molecular weight excluding hydrogens is 304 g/mol. The molecule has 0 aliphatic carbocycles. The fourth-order valence-electron chi connectivity index (χ4n) is 2.85. The number of amides is 1. The van der Waals surface area contributed by atoms with E-state index in [4.69, 9.17) is 0 Å². The van der Waals surface area contributed by atoms with Crippen molar-refractivity contribution in [3.05, 3.63) is 17.0 Å². The molecule has 0 aromatic carbocycles. The van der Waals surface area contributed by atoms with Crippen LogP contribution in [0.5, 0.6) is 0 Å². The predicted molar refractivity (Wildman–Crippen MR) is 84.3 cm³/mol. The minimum absolute atomic E-state index is 0.0741. The van der Waals surface area contributed by atoms with Crippen molar-refractivity contribution in [1.82, 2.24) is 19.8 Å². The Morgan fingerprint density at radius 3 is 2.73 bits per heavy atom. The zero-order chi connectivity index (χ0) is 16.5. The zero-order valence-corrected chi connectivity index (χ0v) is 14.3. The number of carbonyl (C=O) groups excluding carboxylic acids is 1. The number of hydrogen-bond donors (Lipinski definition) is 2. The summed E-state index contributed by atoms with van der Waals surface area (Å²) in [5, 5.41) is 7.10. The lowest BCUT2D eigenvalue weighted by molar-refractivity contribution is 0.0701. The van der Waals surface area contributed by atoms with Crippen LogP contribution in [0, 0.1) is 6.92 Å². The van der Waals surface area contributed by atoms with Crippen LogP contribution in [0.1, 0.15) is 54.4 Å². The van der Waals surface area contributed by atoms with Gasteiger partial charge in [-0.15, -0.1) is 0 Å². The van der Waals surface area contributed by atoms with Crippen LogP contribution in [-0.4, -0.2) is 54.8 Å². The number of rotatable bonds is 4. The van der Waals surface area contributed by atoms with Crippen LogP contribution >= 0.6 is 0 Å². The Labute approximate surface area is 131 Å². The summed E-state index contributed by atoms with van der Waals surface area (Å²) in [7, 11) is -3.26. The maximum absolute atomic E-state index is 12.8. The number of nitrogens with zero attached hydrogens (tertiary/aromatic N) is 2. The number of piperidine rings is 1. The van der Waals surface area contributed by atoms with Gasteiger partial charge in [-0.1, -0.05) is 13.8 Å². The van der Waals surface area contributed by atoms with Gasteiger partial charge in [-0.3, -0.25) is 9.89 Å². The van der Waals surface area contributed by atoms with Gasteiger partial charge in [0.05, 0.1) is 17.5 Å². The van der Waals surface area contributed by atoms with Crippen LogP contribution in [-0.2, 0) is 10.0 Å². The van der Waals surface area contributed by atoms with Crippen molar-refractivity contribution in [2.75, 3.05) is 19.3 Å². The highest BCUT2D eigenvalue weighted by Crippen LogP contribution is 2.23. The first-order valence-corrected chi connectivity index (χ1v) is 9.39. The first-order chi connectivity index (χ1) is 10.2. The monoisotopic (exact) mass is 328 g/mol. The van der Waals surface area contributed by atoms with Gasteiger partial charge < -0.3 is 4.90 Å². The molecule has 1 fully saturated rings. The number of sulfonamides is 1. The third-order valence-corrected chi connectivity index (χ3v) is 4.59. The van der Waals surface area contributed by atoms with Gasteiger partial charge in [-0.05, 0) is 25.7 Å². The summed E-state index contributed by atoms with van der Waals surface area (Å²) < 4.78 is 25.3. The van der Waals surface area contributed by atoms with Crippen molar-refractivity contribution in [3.8, 4) is 0 Å². The van der Waals surface area contributed by atoms with E-state index in [0.717, 1.165) is 30.5 Å². The van der Waals surface area contributed by atoms with E-state index >= 15 is 0 Å². The van der Waals surface area contributed by atoms with E-state index in [1.165, 1.54) is 0 Å². The Balaban J connectivity index is 2.18. The molecule has 0 spiro atoms. The Hall–Kier alpha value is -1.41. The fourth-order valence-corrected chi connectivity index (χ4v) is 3.65. The summed E-state index contributed by atoms with van der Waals surface area (Å²) in [6, 6.07) is -0.220. The molecule has 1 aromatic heterocycles. The Morgan fingerprint density at radius 1 is 1.45 bits per heavy atom. The van der Waals surface area contributed by atoms with E-state index < -0.39 is 10.0 Å². The normalized spacial score (nSPS) is 19.7. The van der Waals surface area contributed by atoms with E-state index in [0.29, 0.717) is 18.7 Å². The minimum Gasteiger partial charge on any atom is -0.337 e. The highest BCUT2D eigenvalue weighted by molar-refractivity contribution is 7.88. The van der Waals surface area contributed by atoms with Crippen molar-refractivity contribution in [1.29, 1.82) is 0 Å². The molecule has 1 unspecified atom stereocenters. The van der Waals surface area contributed by atoms with Crippen molar-refractivity contribution in [2.45, 2.75) is 45.6 Å². The third-order valence-electron chi connectivity index (χ3n) is 3.83. The summed E-state index contributed by atoms with van der Waals surface area (Å²) in [5.41, 5.74) is 2.14. The van der Waals surface area contributed by atoms with E-state index in [9.17, 15) is 13.2 Å². The summed E-state index contributed by atoms with van der Waals surface area (Å²) in [4.78, 5) is 14.5. The topological polar surface area (TPSA) is 95.2 Å². The summed E-state index contributed by atoms with van der Waals surface area (Å²) >= 11 is 0. The van der Waals surface area contributed by atoms with E-state index in [-0.39, 0.29) is 17.9 Å². The Kier molecular flexibility index (Phi) is 4.91. The number of nitrogens with one attached hydrogen (secondary N) is 2. The molecule has 0 bridgehead atoms. The van der Waals surface area contributed by atoms with Crippen LogP contribution in [0.2, 0.25) is 0 Å². The first kappa shape index (κ1) is 17.0. The number of aryl methyl sites for hydroxylation is 1. The average Bonchev–Trinajstić information content (AvgIpc) is 2.78. The Morgan fingerprint density at radius 2 is 2.14 bits per heavy atom. The molecule has 124 valence electrons. The maximum Gasteiger partial charge on any atom is 0.257 e. The lowest BCUT2D eigenvalue weighted by Crippen LogP contribution is -2.49.